The van der Waals surface area contributed by atoms with Crippen molar-refractivity contribution in [1.82, 2.24) is 10.1 Å². The normalized spacial score (nSPS) is 12.9. The Hall–Kier alpha value is -0.910. The average Bonchev–Trinajstić information content (AvgIpc) is 2.80. The van der Waals surface area contributed by atoms with Gasteiger partial charge in [-0.3, -0.25) is 0 Å². The molecule has 2 rings (SSSR count). The van der Waals surface area contributed by atoms with Crippen molar-refractivity contribution >= 4 is 27.5 Å². The molecule has 1 aromatic heterocycles. The Balaban J connectivity index is 2.10. The van der Waals surface area contributed by atoms with Crippen LogP contribution in [0.3, 0.4) is 0 Å². The monoisotopic (exact) mass is 358 g/mol. The SMILES string of the molecule is CC(C)CC(O)Cc1nc(-c2ccc(Cl)c(Br)c2)no1. The van der Waals surface area contributed by atoms with E-state index in [0.717, 1.165) is 10.0 Å². The predicted octanol–water partition coefficient (Wildman–Crippen LogP) is 4.10. The molecule has 0 aliphatic heterocycles. The number of hydrogen-bond donors (Lipinski definition) is 1. The molecule has 0 amide bonds. The average molecular weight is 360 g/mol. The summed E-state index contributed by atoms with van der Waals surface area (Å²) in [5.41, 5.74) is 0.814. The highest BCUT2D eigenvalue weighted by atomic mass is 79.9. The van der Waals surface area contributed by atoms with Gasteiger partial charge in [0.25, 0.3) is 0 Å². The summed E-state index contributed by atoms with van der Waals surface area (Å²) in [4.78, 5) is 4.30. The van der Waals surface area contributed by atoms with Crippen LogP contribution in [0.4, 0.5) is 0 Å². The van der Waals surface area contributed by atoms with Gasteiger partial charge >= 0.3 is 0 Å². The minimum absolute atomic E-state index is 0.375. The second kappa shape index (κ2) is 6.70. The van der Waals surface area contributed by atoms with Crippen LogP contribution >= 0.6 is 27.5 Å². The van der Waals surface area contributed by atoms with E-state index in [1.165, 1.54) is 0 Å². The molecule has 0 aliphatic rings. The van der Waals surface area contributed by atoms with Crippen molar-refractivity contribution < 1.29 is 9.63 Å². The molecule has 0 fully saturated rings. The van der Waals surface area contributed by atoms with Crippen molar-refractivity contribution in [2.75, 3.05) is 0 Å². The number of halogens is 2. The highest BCUT2D eigenvalue weighted by molar-refractivity contribution is 9.10. The molecule has 1 unspecified atom stereocenters. The van der Waals surface area contributed by atoms with E-state index in [9.17, 15) is 5.11 Å². The van der Waals surface area contributed by atoms with Crippen LogP contribution in [0.5, 0.6) is 0 Å². The maximum atomic E-state index is 9.88. The molecular weight excluding hydrogens is 344 g/mol. The Morgan fingerprint density at radius 2 is 2.15 bits per heavy atom. The van der Waals surface area contributed by atoms with Crippen LogP contribution in [-0.4, -0.2) is 21.4 Å². The third-order valence-corrected chi connectivity index (χ3v) is 4.01. The molecule has 0 saturated heterocycles. The van der Waals surface area contributed by atoms with Crippen LogP contribution in [0.1, 0.15) is 26.2 Å². The smallest absolute Gasteiger partial charge is 0.229 e. The van der Waals surface area contributed by atoms with Gasteiger partial charge in [-0.1, -0.05) is 30.6 Å². The van der Waals surface area contributed by atoms with Crippen molar-refractivity contribution in [3.63, 3.8) is 0 Å². The number of aromatic nitrogens is 2. The lowest BCUT2D eigenvalue weighted by atomic mass is 10.0. The fraction of sp³-hybridized carbons (Fsp3) is 0.429. The molecule has 0 bridgehead atoms. The first-order chi connectivity index (χ1) is 9.45. The maximum Gasteiger partial charge on any atom is 0.229 e. The number of hydrogen-bond acceptors (Lipinski definition) is 4. The van der Waals surface area contributed by atoms with Crippen LogP contribution < -0.4 is 0 Å². The second-order valence-corrected chi connectivity index (χ2v) is 6.39. The first kappa shape index (κ1) is 15.5. The lowest BCUT2D eigenvalue weighted by molar-refractivity contribution is 0.138. The molecule has 4 nitrogen and oxygen atoms in total. The lowest BCUT2D eigenvalue weighted by Crippen LogP contribution is -2.13. The second-order valence-electron chi connectivity index (χ2n) is 5.13. The van der Waals surface area contributed by atoms with Crippen molar-refractivity contribution in [2.45, 2.75) is 32.8 Å². The number of nitrogens with zero attached hydrogens (tertiary/aromatic N) is 2. The number of benzene rings is 1. The highest BCUT2D eigenvalue weighted by Gasteiger charge is 2.15. The summed E-state index contributed by atoms with van der Waals surface area (Å²) in [6, 6.07) is 5.43. The van der Waals surface area contributed by atoms with E-state index in [0.29, 0.717) is 35.5 Å². The van der Waals surface area contributed by atoms with Gasteiger partial charge in [-0.25, -0.2) is 0 Å². The third kappa shape index (κ3) is 4.04. The molecule has 0 saturated carbocycles. The van der Waals surface area contributed by atoms with Crippen molar-refractivity contribution in [1.29, 1.82) is 0 Å². The van der Waals surface area contributed by atoms with Crippen LogP contribution in [0.2, 0.25) is 5.02 Å². The molecule has 1 atom stereocenters. The molecule has 6 heteroatoms. The molecule has 20 heavy (non-hydrogen) atoms. The van der Waals surface area contributed by atoms with Gasteiger partial charge in [0.1, 0.15) is 0 Å². The van der Waals surface area contributed by atoms with E-state index in [2.05, 4.69) is 39.9 Å². The minimum atomic E-state index is -0.458. The molecule has 1 aromatic carbocycles. The van der Waals surface area contributed by atoms with E-state index in [4.69, 9.17) is 16.1 Å². The van der Waals surface area contributed by atoms with Crippen LogP contribution in [-0.2, 0) is 6.42 Å². The summed E-state index contributed by atoms with van der Waals surface area (Å²) in [6.45, 7) is 4.13. The van der Waals surface area contributed by atoms with Gasteiger partial charge in [0.05, 0.1) is 17.5 Å². The summed E-state index contributed by atoms with van der Waals surface area (Å²) < 4.78 is 5.95. The summed E-state index contributed by atoms with van der Waals surface area (Å²) in [5, 5.41) is 14.4. The highest BCUT2D eigenvalue weighted by Crippen LogP contribution is 2.27. The molecule has 0 aliphatic carbocycles. The molecule has 108 valence electrons. The van der Waals surface area contributed by atoms with Gasteiger partial charge in [0.2, 0.25) is 11.7 Å². The molecule has 1 heterocycles. The van der Waals surface area contributed by atoms with E-state index in [1.807, 2.05) is 12.1 Å². The van der Waals surface area contributed by atoms with Crippen molar-refractivity contribution in [3.05, 3.63) is 33.6 Å². The molecular formula is C14H16BrClN2O2. The van der Waals surface area contributed by atoms with E-state index in [-0.39, 0.29) is 0 Å². The summed E-state index contributed by atoms with van der Waals surface area (Å²) in [6.07, 6.45) is 0.629. The minimum Gasteiger partial charge on any atom is -0.393 e. The number of aliphatic hydroxyl groups is 1. The van der Waals surface area contributed by atoms with Gasteiger partial charge < -0.3 is 9.63 Å². The van der Waals surface area contributed by atoms with Gasteiger partial charge in [-0.15, -0.1) is 0 Å². The molecule has 0 radical (unpaired) electrons. The Bertz CT molecular complexity index is 586. The van der Waals surface area contributed by atoms with Crippen LogP contribution in [0, 0.1) is 5.92 Å². The van der Waals surface area contributed by atoms with Gasteiger partial charge in [-0.05, 0) is 46.5 Å². The van der Waals surface area contributed by atoms with Crippen LogP contribution in [0.15, 0.2) is 27.2 Å². The zero-order chi connectivity index (χ0) is 14.7. The topological polar surface area (TPSA) is 59.2 Å². The molecule has 0 spiro atoms. The zero-order valence-electron chi connectivity index (χ0n) is 11.3. The quantitative estimate of drug-likeness (QED) is 0.873. The number of rotatable bonds is 5. The summed E-state index contributed by atoms with van der Waals surface area (Å²) in [5.74, 6) is 1.37. The Kier molecular flexibility index (Phi) is 5.18. The predicted molar refractivity (Wildman–Crippen MR) is 81.6 cm³/mol. The van der Waals surface area contributed by atoms with Gasteiger partial charge in [0.15, 0.2) is 0 Å². The Labute approximate surface area is 131 Å². The fourth-order valence-electron chi connectivity index (χ4n) is 1.92. The van der Waals surface area contributed by atoms with Gasteiger partial charge in [0, 0.05) is 10.0 Å². The summed E-state index contributed by atoms with van der Waals surface area (Å²) in [7, 11) is 0. The third-order valence-electron chi connectivity index (χ3n) is 2.80. The number of aliphatic hydroxyl groups excluding tert-OH is 1. The standard InChI is InChI=1S/C14H16BrClN2O2/c1-8(2)5-10(19)7-13-17-14(18-20-13)9-3-4-12(16)11(15)6-9/h3-4,6,8,10,19H,5,7H2,1-2H3. The first-order valence-electron chi connectivity index (χ1n) is 6.41. The van der Waals surface area contributed by atoms with E-state index >= 15 is 0 Å². The maximum absolute atomic E-state index is 9.88. The largest absolute Gasteiger partial charge is 0.393 e. The fourth-order valence-corrected chi connectivity index (χ4v) is 2.42. The van der Waals surface area contributed by atoms with Crippen molar-refractivity contribution in [2.24, 2.45) is 5.92 Å². The van der Waals surface area contributed by atoms with Gasteiger partial charge in [-0.2, -0.15) is 4.98 Å². The Morgan fingerprint density at radius 1 is 1.40 bits per heavy atom. The first-order valence-corrected chi connectivity index (χ1v) is 7.59. The van der Waals surface area contributed by atoms with Crippen molar-refractivity contribution in [3.8, 4) is 11.4 Å². The Morgan fingerprint density at radius 3 is 2.80 bits per heavy atom. The van der Waals surface area contributed by atoms with E-state index in [1.54, 1.807) is 6.07 Å². The zero-order valence-corrected chi connectivity index (χ0v) is 13.6. The molecule has 2 aromatic rings. The van der Waals surface area contributed by atoms with Crippen LogP contribution in [0.25, 0.3) is 11.4 Å². The lowest BCUT2D eigenvalue weighted by Gasteiger charge is -2.09. The molecule has 1 N–H and O–H groups in total. The summed E-state index contributed by atoms with van der Waals surface area (Å²) >= 11 is 9.31. The van der Waals surface area contributed by atoms with E-state index < -0.39 is 6.10 Å².